The van der Waals surface area contributed by atoms with Crippen LogP contribution in [0.2, 0.25) is 0 Å². The molecule has 8 heteroatoms. The number of pyridine rings is 1. The molecule has 122 valence electrons. The maximum absolute atomic E-state index is 11.6. The fraction of sp³-hybridized carbons (Fsp3) is 0.467. The molecule has 1 saturated heterocycles. The van der Waals surface area contributed by atoms with Gasteiger partial charge in [-0.05, 0) is 12.1 Å². The van der Waals surface area contributed by atoms with E-state index in [0.29, 0.717) is 31.2 Å². The molecule has 0 saturated carbocycles. The molecular formula is C15H18ClN5O2. The highest BCUT2D eigenvalue weighted by atomic mass is 35.5. The van der Waals surface area contributed by atoms with E-state index in [9.17, 15) is 4.79 Å². The second-order valence-electron chi connectivity index (χ2n) is 5.27. The lowest BCUT2D eigenvalue weighted by Gasteiger charge is -2.35. The van der Waals surface area contributed by atoms with Crippen LogP contribution in [0, 0.1) is 0 Å². The molecule has 1 fully saturated rings. The Labute approximate surface area is 139 Å². The van der Waals surface area contributed by atoms with Crippen LogP contribution in [0.5, 0.6) is 0 Å². The standard InChI is InChI=1S/C15H18ClN5O2/c1-2-13-18-15(19-23-13)11-3-4-12(17-10-11)20-5-7-21(8-6-20)14(22)9-16/h3-4,10H,2,5-9H2,1H3. The summed E-state index contributed by atoms with van der Waals surface area (Å²) >= 11 is 5.59. The number of nitrogens with zero attached hydrogens (tertiary/aromatic N) is 5. The van der Waals surface area contributed by atoms with Gasteiger partial charge in [-0.2, -0.15) is 4.98 Å². The predicted octanol–water partition coefficient (Wildman–Crippen LogP) is 1.58. The molecule has 0 aromatic carbocycles. The van der Waals surface area contributed by atoms with E-state index in [-0.39, 0.29) is 11.8 Å². The van der Waals surface area contributed by atoms with Gasteiger partial charge in [0.15, 0.2) is 0 Å². The Bertz CT molecular complexity index is 665. The molecule has 2 aromatic heterocycles. The smallest absolute Gasteiger partial charge is 0.237 e. The van der Waals surface area contributed by atoms with Crippen molar-refractivity contribution in [3.63, 3.8) is 0 Å². The van der Waals surface area contributed by atoms with Crippen molar-refractivity contribution in [1.29, 1.82) is 0 Å². The van der Waals surface area contributed by atoms with Gasteiger partial charge < -0.3 is 14.3 Å². The average molecular weight is 336 g/mol. The fourth-order valence-corrected chi connectivity index (χ4v) is 2.66. The highest BCUT2D eigenvalue weighted by molar-refractivity contribution is 6.27. The zero-order chi connectivity index (χ0) is 16.2. The van der Waals surface area contributed by atoms with E-state index in [1.165, 1.54) is 0 Å². The molecule has 0 aliphatic carbocycles. The molecule has 1 aliphatic rings. The Morgan fingerprint density at radius 3 is 2.65 bits per heavy atom. The van der Waals surface area contributed by atoms with Gasteiger partial charge in [0.2, 0.25) is 17.6 Å². The highest BCUT2D eigenvalue weighted by Gasteiger charge is 2.21. The number of aromatic nitrogens is 3. The van der Waals surface area contributed by atoms with E-state index in [4.69, 9.17) is 16.1 Å². The van der Waals surface area contributed by atoms with Crippen molar-refractivity contribution in [2.75, 3.05) is 37.0 Å². The van der Waals surface area contributed by atoms with Crippen molar-refractivity contribution in [3.05, 3.63) is 24.2 Å². The van der Waals surface area contributed by atoms with Crippen LogP contribution < -0.4 is 4.90 Å². The average Bonchev–Trinajstić information content (AvgIpc) is 3.10. The maximum atomic E-state index is 11.6. The Morgan fingerprint density at radius 2 is 2.09 bits per heavy atom. The van der Waals surface area contributed by atoms with Gasteiger partial charge in [0.05, 0.1) is 0 Å². The Kier molecular flexibility index (Phi) is 4.76. The lowest BCUT2D eigenvalue weighted by molar-refractivity contribution is -0.128. The lowest BCUT2D eigenvalue weighted by atomic mass is 10.2. The second kappa shape index (κ2) is 6.95. The first-order chi connectivity index (χ1) is 11.2. The number of hydrogen-bond donors (Lipinski definition) is 0. The molecule has 0 N–H and O–H groups in total. The van der Waals surface area contributed by atoms with Gasteiger partial charge in [-0.15, -0.1) is 11.6 Å². The summed E-state index contributed by atoms with van der Waals surface area (Å²) in [6.07, 6.45) is 2.46. The van der Waals surface area contributed by atoms with E-state index >= 15 is 0 Å². The van der Waals surface area contributed by atoms with Crippen molar-refractivity contribution in [2.24, 2.45) is 0 Å². The minimum absolute atomic E-state index is 0.0153. The molecular weight excluding hydrogens is 318 g/mol. The third kappa shape index (κ3) is 3.44. The van der Waals surface area contributed by atoms with Crippen molar-refractivity contribution in [2.45, 2.75) is 13.3 Å². The summed E-state index contributed by atoms with van der Waals surface area (Å²) in [5.41, 5.74) is 0.827. The van der Waals surface area contributed by atoms with Gasteiger partial charge in [-0.3, -0.25) is 4.79 Å². The molecule has 2 aromatic rings. The summed E-state index contributed by atoms with van der Waals surface area (Å²) in [7, 11) is 0. The molecule has 3 heterocycles. The number of carbonyl (C=O) groups excluding carboxylic acids is 1. The van der Waals surface area contributed by atoms with Crippen LogP contribution in [0.15, 0.2) is 22.9 Å². The van der Waals surface area contributed by atoms with Crippen molar-refractivity contribution in [3.8, 4) is 11.4 Å². The van der Waals surface area contributed by atoms with Crippen molar-refractivity contribution < 1.29 is 9.32 Å². The van der Waals surface area contributed by atoms with E-state index in [1.54, 1.807) is 11.1 Å². The SMILES string of the molecule is CCc1nc(-c2ccc(N3CCN(C(=O)CCl)CC3)nc2)no1. The van der Waals surface area contributed by atoms with Crippen LogP contribution in [-0.2, 0) is 11.2 Å². The van der Waals surface area contributed by atoms with Crippen LogP contribution in [0.4, 0.5) is 5.82 Å². The molecule has 0 unspecified atom stereocenters. The number of halogens is 1. The largest absolute Gasteiger partial charge is 0.353 e. The summed E-state index contributed by atoms with van der Waals surface area (Å²) < 4.78 is 5.11. The molecule has 3 rings (SSSR count). The number of aryl methyl sites for hydroxylation is 1. The Morgan fingerprint density at radius 1 is 1.30 bits per heavy atom. The van der Waals surface area contributed by atoms with Crippen LogP contribution in [-0.4, -0.2) is 58.0 Å². The van der Waals surface area contributed by atoms with Gasteiger partial charge in [0, 0.05) is 44.4 Å². The molecule has 0 bridgehead atoms. The van der Waals surface area contributed by atoms with E-state index < -0.39 is 0 Å². The lowest BCUT2D eigenvalue weighted by Crippen LogP contribution is -2.49. The first kappa shape index (κ1) is 15.7. The third-order valence-corrected chi connectivity index (χ3v) is 4.08. The first-order valence-electron chi connectivity index (χ1n) is 7.59. The van der Waals surface area contributed by atoms with Gasteiger partial charge >= 0.3 is 0 Å². The molecule has 1 amide bonds. The minimum atomic E-state index is -0.0153. The third-order valence-electron chi connectivity index (χ3n) is 3.85. The predicted molar refractivity (Wildman–Crippen MR) is 86.4 cm³/mol. The number of hydrogen-bond acceptors (Lipinski definition) is 6. The van der Waals surface area contributed by atoms with Gasteiger partial charge in [0.1, 0.15) is 11.7 Å². The summed E-state index contributed by atoms with van der Waals surface area (Å²) in [5, 5.41) is 3.94. The number of anilines is 1. The molecule has 0 radical (unpaired) electrons. The molecule has 0 atom stereocenters. The monoisotopic (exact) mass is 335 g/mol. The van der Waals surface area contributed by atoms with Crippen molar-refractivity contribution in [1.82, 2.24) is 20.0 Å². The molecule has 0 spiro atoms. The van der Waals surface area contributed by atoms with Crippen LogP contribution in [0.3, 0.4) is 0 Å². The van der Waals surface area contributed by atoms with E-state index in [1.807, 2.05) is 19.1 Å². The second-order valence-corrected chi connectivity index (χ2v) is 5.54. The molecule has 23 heavy (non-hydrogen) atoms. The number of rotatable bonds is 4. The normalized spacial score (nSPS) is 15.0. The van der Waals surface area contributed by atoms with Gasteiger partial charge in [0.25, 0.3) is 0 Å². The summed E-state index contributed by atoms with van der Waals surface area (Å²) in [5.74, 6) is 2.07. The molecule has 7 nitrogen and oxygen atoms in total. The minimum Gasteiger partial charge on any atom is -0.353 e. The summed E-state index contributed by atoms with van der Waals surface area (Å²) in [6, 6.07) is 3.87. The highest BCUT2D eigenvalue weighted by Crippen LogP contribution is 2.19. The summed E-state index contributed by atoms with van der Waals surface area (Å²) in [4.78, 5) is 24.3. The van der Waals surface area contributed by atoms with Crippen LogP contribution in [0.25, 0.3) is 11.4 Å². The number of carbonyl (C=O) groups is 1. The fourth-order valence-electron chi connectivity index (χ4n) is 2.49. The Balaban J connectivity index is 1.65. The topological polar surface area (TPSA) is 75.4 Å². The van der Waals surface area contributed by atoms with E-state index in [0.717, 1.165) is 24.5 Å². The van der Waals surface area contributed by atoms with E-state index in [2.05, 4.69) is 20.0 Å². The van der Waals surface area contributed by atoms with Gasteiger partial charge in [-0.1, -0.05) is 12.1 Å². The number of amides is 1. The Hall–Kier alpha value is -2.15. The van der Waals surface area contributed by atoms with Gasteiger partial charge in [-0.25, -0.2) is 4.98 Å². The van der Waals surface area contributed by atoms with Crippen LogP contribution in [0.1, 0.15) is 12.8 Å². The zero-order valence-electron chi connectivity index (χ0n) is 12.9. The number of piperazine rings is 1. The molecule has 1 aliphatic heterocycles. The summed E-state index contributed by atoms with van der Waals surface area (Å²) in [6.45, 7) is 4.79. The first-order valence-corrected chi connectivity index (χ1v) is 8.12. The quantitative estimate of drug-likeness (QED) is 0.790. The van der Waals surface area contributed by atoms with Crippen molar-refractivity contribution >= 4 is 23.3 Å². The zero-order valence-corrected chi connectivity index (χ0v) is 13.7. The number of alkyl halides is 1. The van der Waals surface area contributed by atoms with Crippen LogP contribution >= 0.6 is 11.6 Å². The maximum Gasteiger partial charge on any atom is 0.237 e.